The van der Waals surface area contributed by atoms with Gasteiger partial charge in [-0.15, -0.1) is 0 Å². The van der Waals surface area contributed by atoms with Crippen LogP contribution in [0.1, 0.15) is 44.6 Å². The molecule has 0 aliphatic carbocycles. The summed E-state index contributed by atoms with van der Waals surface area (Å²) in [6.45, 7) is 8.79. The van der Waals surface area contributed by atoms with E-state index in [2.05, 4.69) is 47.1 Å². The molecule has 1 aromatic rings. The van der Waals surface area contributed by atoms with Crippen LogP contribution in [0.2, 0.25) is 0 Å². The lowest BCUT2D eigenvalue weighted by Crippen LogP contribution is -2.37. The van der Waals surface area contributed by atoms with Crippen molar-refractivity contribution in [1.29, 1.82) is 0 Å². The first-order valence-electron chi connectivity index (χ1n) is 8.81. The molecule has 2 nitrogen and oxygen atoms in total. The van der Waals surface area contributed by atoms with Crippen LogP contribution in [0.4, 0.5) is 0 Å². The molecule has 2 heterocycles. The maximum Gasteiger partial charge on any atom is 0.0236 e. The molecule has 2 heteroatoms. The predicted molar refractivity (Wildman–Crippen MR) is 89.3 cm³/mol. The topological polar surface area (TPSA) is 6.48 Å². The summed E-state index contributed by atoms with van der Waals surface area (Å²) in [4.78, 5) is 5.40. The van der Waals surface area contributed by atoms with Gasteiger partial charge in [-0.25, -0.2) is 0 Å². The molecular formula is C19H30N2. The third-order valence-corrected chi connectivity index (χ3v) is 5.38. The monoisotopic (exact) mass is 286 g/mol. The van der Waals surface area contributed by atoms with Crippen molar-refractivity contribution in [1.82, 2.24) is 9.80 Å². The Balaban J connectivity index is 1.46. The second kappa shape index (κ2) is 7.42. The van der Waals surface area contributed by atoms with E-state index in [9.17, 15) is 0 Å². The summed E-state index contributed by atoms with van der Waals surface area (Å²) in [5.74, 6) is 0.947. The van der Waals surface area contributed by atoms with E-state index in [1.54, 1.807) is 0 Å². The van der Waals surface area contributed by atoms with Crippen molar-refractivity contribution >= 4 is 0 Å². The molecule has 2 aliphatic rings. The van der Waals surface area contributed by atoms with Gasteiger partial charge < -0.3 is 4.90 Å². The number of rotatable bonds is 5. The highest BCUT2D eigenvalue weighted by atomic mass is 15.2. The highest BCUT2D eigenvalue weighted by Crippen LogP contribution is 2.24. The summed E-state index contributed by atoms with van der Waals surface area (Å²) in [6.07, 6.45) is 6.95. The fourth-order valence-electron chi connectivity index (χ4n) is 3.87. The summed E-state index contributed by atoms with van der Waals surface area (Å²) in [7, 11) is 0. The average Bonchev–Trinajstić information content (AvgIpc) is 2.95. The first-order chi connectivity index (χ1) is 10.3. The van der Waals surface area contributed by atoms with Crippen LogP contribution in [-0.2, 0) is 6.54 Å². The zero-order chi connectivity index (χ0) is 14.5. The second-order valence-corrected chi connectivity index (χ2v) is 7.06. The minimum absolute atomic E-state index is 0.810. The van der Waals surface area contributed by atoms with Gasteiger partial charge in [0.15, 0.2) is 0 Å². The Bertz CT molecular complexity index is 409. The van der Waals surface area contributed by atoms with Gasteiger partial charge in [0.2, 0.25) is 0 Å². The molecule has 2 saturated heterocycles. The maximum atomic E-state index is 2.71. The molecule has 3 rings (SSSR count). The molecule has 2 aliphatic heterocycles. The summed E-state index contributed by atoms with van der Waals surface area (Å²) in [5.41, 5.74) is 1.47. The highest BCUT2D eigenvalue weighted by Gasteiger charge is 2.25. The zero-order valence-electron chi connectivity index (χ0n) is 13.5. The van der Waals surface area contributed by atoms with Crippen molar-refractivity contribution in [3.8, 4) is 0 Å². The van der Waals surface area contributed by atoms with E-state index in [1.807, 2.05) is 0 Å². The summed E-state index contributed by atoms with van der Waals surface area (Å²) in [6, 6.07) is 11.8. The zero-order valence-corrected chi connectivity index (χ0v) is 13.5. The SMILES string of the molecule is CC1CCN(CC[C@@H]2CCCN2Cc2ccccc2)CC1. The number of benzene rings is 1. The number of nitrogens with zero attached hydrogens (tertiary/aromatic N) is 2. The third-order valence-electron chi connectivity index (χ3n) is 5.38. The first kappa shape index (κ1) is 15.1. The standard InChI is InChI=1S/C19H30N2/c1-17-9-13-20(14-10-17)15-11-19-8-5-12-21(19)16-18-6-3-2-4-7-18/h2-4,6-7,17,19H,5,8-16H2,1H3/t19-/m0/s1. The van der Waals surface area contributed by atoms with E-state index in [1.165, 1.54) is 63.8 Å². The molecule has 0 bridgehead atoms. The fraction of sp³-hybridized carbons (Fsp3) is 0.684. The van der Waals surface area contributed by atoms with Gasteiger partial charge in [0.1, 0.15) is 0 Å². The Morgan fingerprint density at radius 3 is 2.52 bits per heavy atom. The molecule has 0 aromatic heterocycles. The lowest BCUT2D eigenvalue weighted by Gasteiger charge is -2.32. The first-order valence-corrected chi connectivity index (χ1v) is 8.81. The second-order valence-electron chi connectivity index (χ2n) is 7.06. The highest BCUT2D eigenvalue weighted by molar-refractivity contribution is 5.14. The number of hydrogen-bond acceptors (Lipinski definition) is 2. The van der Waals surface area contributed by atoms with E-state index in [0.717, 1.165) is 18.5 Å². The van der Waals surface area contributed by atoms with Gasteiger partial charge in [-0.2, -0.15) is 0 Å². The van der Waals surface area contributed by atoms with Crippen molar-refractivity contribution in [2.45, 2.75) is 51.6 Å². The van der Waals surface area contributed by atoms with Crippen LogP contribution in [0, 0.1) is 5.92 Å². The van der Waals surface area contributed by atoms with Gasteiger partial charge in [0.25, 0.3) is 0 Å². The van der Waals surface area contributed by atoms with Crippen LogP contribution in [0.15, 0.2) is 30.3 Å². The van der Waals surface area contributed by atoms with Gasteiger partial charge >= 0.3 is 0 Å². The van der Waals surface area contributed by atoms with Crippen molar-refractivity contribution in [2.75, 3.05) is 26.2 Å². The summed E-state index contributed by atoms with van der Waals surface area (Å²) >= 11 is 0. The van der Waals surface area contributed by atoms with Crippen LogP contribution in [-0.4, -0.2) is 42.0 Å². The van der Waals surface area contributed by atoms with E-state index in [0.29, 0.717) is 0 Å². The quantitative estimate of drug-likeness (QED) is 0.813. The molecule has 0 saturated carbocycles. The van der Waals surface area contributed by atoms with E-state index < -0.39 is 0 Å². The molecule has 0 amide bonds. The lowest BCUT2D eigenvalue weighted by atomic mass is 9.99. The van der Waals surface area contributed by atoms with Crippen LogP contribution in [0.25, 0.3) is 0 Å². The molecule has 0 N–H and O–H groups in total. The van der Waals surface area contributed by atoms with Crippen LogP contribution >= 0.6 is 0 Å². The fourth-order valence-corrected chi connectivity index (χ4v) is 3.87. The van der Waals surface area contributed by atoms with Crippen molar-refractivity contribution in [2.24, 2.45) is 5.92 Å². The predicted octanol–water partition coefficient (Wildman–Crippen LogP) is 3.77. The van der Waals surface area contributed by atoms with Crippen LogP contribution < -0.4 is 0 Å². The smallest absolute Gasteiger partial charge is 0.0236 e. The van der Waals surface area contributed by atoms with Gasteiger partial charge in [0.05, 0.1) is 0 Å². The molecule has 21 heavy (non-hydrogen) atoms. The Hall–Kier alpha value is -0.860. The van der Waals surface area contributed by atoms with Gasteiger partial charge in [0, 0.05) is 12.6 Å². The minimum atomic E-state index is 0.810. The Kier molecular flexibility index (Phi) is 5.32. The van der Waals surface area contributed by atoms with Gasteiger partial charge in [-0.1, -0.05) is 37.3 Å². The number of hydrogen-bond donors (Lipinski definition) is 0. The normalized spacial score (nSPS) is 25.5. The summed E-state index contributed by atoms with van der Waals surface area (Å²) in [5, 5.41) is 0. The van der Waals surface area contributed by atoms with E-state index >= 15 is 0 Å². The third kappa shape index (κ3) is 4.31. The van der Waals surface area contributed by atoms with Crippen LogP contribution in [0.3, 0.4) is 0 Å². The maximum absolute atomic E-state index is 2.71. The molecule has 0 unspecified atom stereocenters. The Morgan fingerprint density at radius 2 is 1.76 bits per heavy atom. The number of likely N-dealkylation sites (tertiary alicyclic amines) is 2. The Labute approximate surface area is 130 Å². The molecule has 116 valence electrons. The summed E-state index contributed by atoms with van der Waals surface area (Å²) < 4.78 is 0. The molecular weight excluding hydrogens is 256 g/mol. The van der Waals surface area contributed by atoms with Gasteiger partial charge in [-0.3, -0.25) is 4.90 Å². The molecule has 0 spiro atoms. The average molecular weight is 286 g/mol. The molecule has 0 radical (unpaired) electrons. The van der Waals surface area contributed by atoms with E-state index in [4.69, 9.17) is 0 Å². The van der Waals surface area contributed by atoms with Crippen molar-refractivity contribution < 1.29 is 0 Å². The molecule has 1 atom stereocenters. The Morgan fingerprint density at radius 1 is 1.00 bits per heavy atom. The number of piperidine rings is 1. The minimum Gasteiger partial charge on any atom is -0.303 e. The van der Waals surface area contributed by atoms with Crippen molar-refractivity contribution in [3.63, 3.8) is 0 Å². The van der Waals surface area contributed by atoms with Crippen LogP contribution in [0.5, 0.6) is 0 Å². The molecule has 2 fully saturated rings. The lowest BCUT2D eigenvalue weighted by molar-refractivity contribution is 0.161. The molecule has 1 aromatic carbocycles. The largest absolute Gasteiger partial charge is 0.303 e. The van der Waals surface area contributed by atoms with Crippen molar-refractivity contribution in [3.05, 3.63) is 35.9 Å². The van der Waals surface area contributed by atoms with Gasteiger partial charge in [-0.05, 0) is 69.8 Å². The van der Waals surface area contributed by atoms with E-state index in [-0.39, 0.29) is 0 Å².